The Labute approximate surface area is 69.0 Å². The Morgan fingerprint density at radius 1 is 1.55 bits per heavy atom. The third kappa shape index (κ3) is 0.962. The average molecular weight is 148 g/mol. The van der Waals surface area contributed by atoms with Crippen molar-refractivity contribution in [2.24, 2.45) is 17.8 Å². The van der Waals surface area contributed by atoms with Crippen molar-refractivity contribution in [1.82, 2.24) is 0 Å². The number of rotatable bonds is 2. The molecular weight excluding hydrogens is 132 g/mol. The Balaban J connectivity index is 2.12. The van der Waals surface area contributed by atoms with E-state index in [2.05, 4.69) is 25.7 Å². The van der Waals surface area contributed by atoms with Crippen LogP contribution in [0.25, 0.3) is 0 Å². The second kappa shape index (κ2) is 2.51. The smallest absolute Gasteiger partial charge is 0.00171 e. The van der Waals surface area contributed by atoms with Crippen LogP contribution in [0.4, 0.5) is 0 Å². The standard InChI is InChI=1S/C11H16/c1-3-4-11-8(2)9-5-6-10(11)7-9/h5-6,9-11H,2-4,7H2,1H3. The molecule has 0 aromatic carbocycles. The highest BCUT2D eigenvalue weighted by Gasteiger charge is 2.37. The highest BCUT2D eigenvalue weighted by molar-refractivity contribution is 5.28. The molecule has 0 N–H and O–H groups in total. The third-order valence-corrected chi connectivity index (χ3v) is 3.19. The van der Waals surface area contributed by atoms with Crippen LogP contribution < -0.4 is 0 Å². The largest absolute Gasteiger partial charge is 0.0990 e. The second-order valence-electron chi connectivity index (χ2n) is 3.86. The molecule has 0 saturated heterocycles. The summed E-state index contributed by atoms with van der Waals surface area (Å²) in [5.74, 6) is 2.43. The number of allylic oxidation sites excluding steroid dienone is 3. The van der Waals surface area contributed by atoms with E-state index >= 15 is 0 Å². The van der Waals surface area contributed by atoms with Gasteiger partial charge in [-0.2, -0.15) is 0 Å². The molecule has 60 valence electrons. The maximum absolute atomic E-state index is 4.19. The minimum Gasteiger partial charge on any atom is -0.0990 e. The summed E-state index contributed by atoms with van der Waals surface area (Å²) in [6.07, 6.45) is 8.77. The molecule has 0 nitrogen and oxygen atoms in total. The van der Waals surface area contributed by atoms with Gasteiger partial charge in [-0.15, -0.1) is 0 Å². The highest BCUT2D eigenvalue weighted by Crippen LogP contribution is 2.48. The van der Waals surface area contributed by atoms with Gasteiger partial charge in [0.2, 0.25) is 0 Å². The Kier molecular flexibility index (Phi) is 1.63. The molecule has 3 unspecified atom stereocenters. The van der Waals surface area contributed by atoms with Crippen molar-refractivity contribution in [3.63, 3.8) is 0 Å². The van der Waals surface area contributed by atoms with E-state index in [1.165, 1.54) is 24.8 Å². The lowest BCUT2D eigenvalue weighted by atomic mass is 9.86. The molecule has 1 fully saturated rings. The van der Waals surface area contributed by atoms with Crippen molar-refractivity contribution in [3.8, 4) is 0 Å². The summed E-state index contributed by atoms with van der Waals surface area (Å²) in [6.45, 7) is 6.45. The molecule has 2 bridgehead atoms. The molecule has 2 aliphatic rings. The molecule has 0 aliphatic heterocycles. The first-order valence-corrected chi connectivity index (χ1v) is 4.70. The van der Waals surface area contributed by atoms with Crippen LogP contribution in [0, 0.1) is 17.8 Å². The van der Waals surface area contributed by atoms with Crippen molar-refractivity contribution in [3.05, 3.63) is 24.3 Å². The Morgan fingerprint density at radius 3 is 2.91 bits per heavy atom. The van der Waals surface area contributed by atoms with E-state index in [4.69, 9.17) is 0 Å². The third-order valence-electron chi connectivity index (χ3n) is 3.19. The van der Waals surface area contributed by atoms with E-state index in [0.717, 1.165) is 17.8 Å². The van der Waals surface area contributed by atoms with Crippen LogP contribution >= 0.6 is 0 Å². The predicted molar refractivity (Wildman–Crippen MR) is 48.3 cm³/mol. The summed E-state index contributed by atoms with van der Waals surface area (Å²) >= 11 is 0. The normalized spacial score (nSPS) is 40.5. The van der Waals surface area contributed by atoms with E-state index in [0.29, 0.717) is 0 Å². The molecule has 0 heteroatoms. The van der Waals surface area contributed by atoms with E-state index in [9.17, 15) is 0 Å². The molecule has 0 heterocycles. The molecule has 0 radical (unpaired) electrons. The number of hydrogen-bond acceptors (Lipinski definition) is 0. The Bertz CT molecular complexity index is 200. The lowest BCUT2D eigenvalue weighted by molar-refractivity contribution is 0.472. The lowest BCUT2D eigenvalue weighted by Crippen LogP contribution is -2.08. The monoisotopic (exact) mass is 148 g/mol. The van der Waals surface area contributed by atoms with Gasteiger partial charge in [-0.05, 0) is 30.6 Å². The van der Waals surface area contributed by atoms with Crippen LogP contribution in [0.3, 0.4) is 0 Å². The van der Waals surface area contributed by atoms with Crippen molar-refractivity contribution >= 4 is 0 Å². The van der Waals surface area contributed by atoms with Gasteiger partial charge in [0, 0.05) is 0 Å². The SMILES string of the molecule is C=C1C2C=CC(C2)C1CCC. The first kappa shape index (κ1) is 7.15. The summed E-state index contributed by atoms with van der Waals surface area (Å²) in [4.78, 5) is 0. The van der Waals surface area contributed by atoms with Crippen LogP contribution in [-0.4, -0.2) is 0 Å². The van der Waals surface area contributed by atoms with Crippen LogP contribution in [0.2, 0.25) is 0 Å². The zero-order valence-electron chi connectivity index (χ0n) is 7.22. The molecule has 0 amide bonds. The Morgan fingerprint density at radius 2 is 2.36 bits per heavy atom. The summed E-state index contributed by atoms with van der Waals surface area (Å²) in [5, 5.41) is 0. The maximum atomic E-state index is 4.19. The van der Waals surface area contributed by atoms with Gasteiger partial charge >= 0.3 is 0 Å². The maximum Gasteiger partial charge on any atom is -0.00171 e. The van der Waals surface area contributed by atoms with E-state index in [1.54, 1.807) is 0 Å². The summed E-state index contributed by atoms with van der Waals surface area (Å²) in [5.41, 5.74) is 1.51. The van der Waals surface area contributed by atoms with E-state index in [1.807, 2.05) is 0 Å². The quantitative estimate of drug-likeness (QED) is 0.528. The van der Waals surface area contributed by atoms with E-state index in [-0.39, 0.29) is 0 Å². The molecule has 0 spiro atoms. The van der Waals surface area contributed by atoms with Gasteiger partial charge in [0.1, 0.15) is 0 Å². The zero-order valence-corrected chi connectivity index (χ0v) is 7.22. The second-order valence-corrected chi connectivity index (χ2v) is 3.86. The van der Waals surface area contributed by atoms with Gasteiger partial charge in [0.15, 0.2) is 0 Å². The van der Waals surface area contributed by atoms with Crippen molar-refractivity contribution in [1.29, 1.82) is 0 Å². The highest BCUT2D eigenvalue weighted by atomic mass is 14.4. The summed E-state index contributed by atoms with van der Waals surface area (Å²) in [7, 11) is 0. The minimum absolute atomic E-state index is 0.747. The predicted octanol–water partition coefficient (Wildman–Crippen LogP) is 3.16. The number of hydrogen-bond donors (Lipinski definition) is 0. The first-order valence-electron chi connectivity index (χ1n) is 4.70. The van der Waals surface area contributed by atoms with Crippen molar-refractivity contribution in [2.45, 2.75) is 26.2 Å². The molecule has 3 atom stereocenters. The van der Waals surface area contributed by atoms with Crippen molar-refractivity contribution in [2.75, 3.05) is 0 Å². The van der Waals surface area contributed by atoms with E-state index < -0.39 is 0 Å². The van der Waals surface area contributed by atoms with Gasteiger partial charge in [0.05, 0.1) is 0 Å². The molecule has 0 aromatic heterocycles. The Hall–Kier alpha value is -0.520. The van der Waals surface area contributed by atoms with Gasteiger partial charge in [-0.25, -0.2) is 0 Å². The lowest BCUT2D eigenvalue weighted by Gasteiger charge is -2.19. The van der Waals surface area contributed by atoms with Crippen molar-refractivity contribution < 1.29 is 0 Å². The fourth-order valence-electron chi connectivity index (χ4n) is 2.56. The minimum atomic E-state index is 0.747. The van der Waals surface area contributed by atoms with Crippen LogP contribution in [0.1, 0.15) is 26.2 Å². The molecule has 0 aromatic rings. The fourth-order valence-corrected chi connectivity index (χ4v) is 2.56. The molecule has 1 saturated carbocycles. The first-order chi connectivity index (χ1) is 5.33. The van der Waals surface area contributed by atoms with Gasteiger partial charge in [-0.3, -0.25) is 0 Å². The van der Waals surface area contributed by atoms with Gasteiger partial charge in [0.25, 0.3) is 0 Å². The molecule has 2 aliphatic carbocycles. The summed E-state index contributed by atoms with van der Waals surface area (Å²) in [6, 6.07) is 0. The fraction of sp³-hybridized carbons (Fsp3) is 0.636. The summed E-state index contributed by atoms with van der Waals surface area (Å²) < 4.78 is 0. The van der Waals surface area contributed by atoms with Gasteiger partial charge in [-0.1, -0.05) is 37.6 Å². The molecule has 11 heavy (non-hydrogen) atoms. The topological polar surface area (TPSA) is 0 Å². The van der Waals surface area contributed by atoms with Crippen LogP contribution in [0.5, 0.6) is 0 Å². The van der Waals surface area contributed by atoms with Crippen LogP contribution in [-0.2, 0) is 0 Å². The average Bonchev–Trinajstić information content (AvgIpc) is 2.54. The van der Waals surface area contributed by atoms with Crippen LogP contribution in [0.15, 0.2) is 24.3 Å². The zero-order chi connectivity index (χ0) is 7.84. The van der Waals surface area contributed by atoms with Gasteiger partial charge < -0.3 is 0 Å². The molecule has 2 rings (SSSR count). The molecular formula is C11H16. The number of fused-ring (bicyclic) bond motifs is 2.